The van der Waals surface area contributed by atoms with E-state index in [9.17, 15) is 9.59 Å². The molecule has 1 saturated heterocycles. The monoisotopic (exact) mass is 186 g/mol. The van der Waals surface area contributed by atoms with Gasteiger partial charge in [-0.25, -0.2) is 0 Å². The largest absolute Gasteiger partial charge is 0.481 e. The van der Waals surface area contributed by atoms with Crippen molar-refractivity contribution in [2.75, 3.05) is 26.7 Å². The highest BCUT2D eigenvalue weighted by Gasteiger charge is 2.34. The van der Waals surface area contributed by atoms with Crippen molar-refractivity contribution in [3.63, 3.8) is 0 Å². The maximum Gasteiger partial charge on any atom is 0.310 e. The first-order valence-corrected chi connectivity index (χ1v) is 4.30. The van der Waals surface area contributed by atoms with Gasteiger partial charge in [0.1, 0.15) is 0 Å². The van der Waals surface area contributed by atoms with E-state index in [1.165, 1.54) is 0 Å². The van der Waals surface area contributed by atoms with Crippen LogP contribution in [0.3, 0.4) is 0 Å². The summed E-state index contributed by atoms with van der Waals surface area (Å²) in [7, 11) is 1.78. The number of rotatable bonds is 4. The Labute approximate surface area is 76.7 Å². The zero-order valence-electron chi connectivity index (χ0n) is 7.62. The van der Waals surface area contributed by atoms with E-state index in [4.69, 9.17) is 5.11 Å². The summed E-state index contributed by atoms with van der Waals surface area (Å²) in [6.07, 6.45) is 0.447. The number of hydrogen-bond donors (Lipinski definition) is 2. The quantitative estimate of drug-likeness (QED) is 0.599. The Morgan fingerprint density at radius 3 is 2.62 bits per heavy atom. The van der Waals surface area contributed by atoms with E-state index in [0.717, 1.165) is 0 Å². The first-order valence-electron chi connectivity index (χ1n) is 4.30. The van der Waals surface area contributed by atoms with Crippen molar-refractivity contribution in [2.24, 2.45) is 5.92 Å². The van der Waals surface area contributed by atoms with Gasteiger partial charge in [-0.3, -0.25) is 9.59 Å². The zero-order chi connectivity index (χ0) is 9.84. The lowest BCUT2D eigenvalue weighted by Crippen LogP contribution is -2.53. The smallest absolute Gasteiger partial charge is 0.310 e. The fourth-order valence-corrected chi connectivity index (χ4v) is 1.23. The van der Waals surface area contributed by atoms with Crippen LogP contribution in [0.2, 0.25) is 0 Å². The van der Waals surface area contributed by atoms with Gasteiger partial charge in [0.25, 0.3) is 0 Å². The molecular weight excluding hydrogens is 172 g/mol. The van der Waals surface area contributed by atoms with Crippen LogP contribution in [0.15, 0.2) is 0 Å². The van der Waals surface area contributed by atoms with Gasteiger partial charge in [-0.1, -0.05) is 0 Å². The maximum atomic E-state index is 11.2. The minimum absolute atomic E-state index is 0.0341. The average molecular weight is 186 g/mol. The Bertz CT molecular complexity index is 211. The van der Waals surface area contributed by atoms with E-state index >= 15 is 0 Å². The van der Waals surface area contributed by atoms with Crippen LogP contribution in [-0.4, -0.2) is 48.6 Å². The number of aliphatic carboxylic acids is 1. The highest BCUT2D eigenvalue weighted by Crippen LogP contribution is 2.16. The molecule has 1 aliphatic rings. The molecule has 13 heavy (non-hydrogen) atoms. The van der Waals surface area contributed by atoms with Crippen molar-refractivity contribution >= 4 is 11.9 Å². The van der Waals surface area contributed by atoms with Crippen LogP contribution >= 0.6 is 0 Å². The Kier molecular flexibility index (Phi) is 3.25. The lowest BCUT2D eigenvalue weighted by Gasteiger charge is -2.36. The van der Waals surface area contributed by atoms with E-state index in [-0.39, 0.29) is 11.8 Å². The summed E-state index contributed by atoms with van der Waals surface area (Å²) in [5, 5.41) is 11.4. The molecule has 5 heteroatoms. The predicted octanol–water partition coefficient (Wildman–Crippen LogP) is -0.861. The normalized spacial score (nSPS) is 16.8. The molecule has 2 N–H and O–H groups in total. The lowest BCUT2D eigenvalue weighted by molar-refractivity contribution is -0.152. The van der Waals surface area contributed by atoms with Crippen LogP contribution < -0.4 is 5.32 Å². The molecule has 0 aromatic rings. The molecule has 0 atom stereocenters. The molecule has 1 rings (SSSR count). The van der Waals surface area contributed by atoms with Gasteiger partial charge < -0.3 is 15.3 Å². The summed E-state index contributed by atoms with van der Waals surface area (Å²) in [5.41, 5.74) is 0. The number of carboxylic acid groups (broad SMARTS) is 1. The molecule has 1 amide bonds. The highest BCUT2D eigenvalue weighted by atomic mass is 16.4. The van der Waals surface area contributed by atoms with Gasteiger partial charge >= 0.3 is 5.97 Å². The van der Waals surface area contributed by atoms with Gasteiger partial charge in [0.05, 0.1) is 5.92 Å². The van der Waals surface area contributed by atoms with Gasteiger partial charge in [0.15, 0.2) is 0 Å². The first kappa shape index (κ1) is 9.98. The number of likely N-dealkylation sites (tertiary alicyclic amines) is 1. The average Bonchev–Trinajstić information content (AvgIpc) is 1.97. The second kappa shape index (κ2) is 4.23. The molecule has 1 fully saturated rings. The molecule has 0 saturated carbocycles. The molecule has 0 bridgehead atoms. The number of carboxylic acids is 1. The Balaban J connectivity index is 2.19. The van der Waals surface area contributed by atoms with Crippen molar-refractivity contribution in [1.29, 1.82) is 0 Å². The fraction of sp³-hybridized carbons (Fsp3) is 0.750. The third-order valence-corrected chi connectivity index (χ3v) is 2.17. The van der Waals surface area contributed by atoms with Crippen LogP contribution in [0.25, 0.3) is 0 Å². The summed E-state index contributed by atoms with van der Waals surface area (Å²) in [4.78, 5) is 23.2. The van der Waals surface area contributed by atoms with Gasteiger partial charge in [-0.2, -0.15) is 0 Å². The molecule has 0 aromatic heterocycles. The first-order chi connectivity index (χ1) is 6.15. The van der Waals surface area contributed by atoms with E-state index in [2.05, 4.69) is 5.32 Å². The van der Waals surface area contributed by atoms with Crippen molar-refractivity contribution in [3.05, 3.63) is 0 Å². The van der Waals surface area contributed by atoms with E-state index in [1.807, 2.05) is 0 Å². The summed E-state index contributed by atoms with van der Waals surface area (Å²) < 4.78 is 0. The van der Waals surface area contributed by atoms with Crippen LogP contribution in [0, 0.1) is 5.92 Å². The summed E-state index contributed by atoms with van der Waals surface area (Å²) in [6, 6.07) is 0. The van der Waals surface area contributed by atoms with Crippen molar-refractivity contribution in [2.45, 2.75) is 6.42 Å². The summed E-state index contributed by atoms with van der Waals surface area (Å²) >= 11 is 0. The molecule has 1 heterocycles. The van der Waals surface area contributed by atoms with Crippen molar-refractivity contribution in [1.82, 2.24) is 10.2 Å². The minimum Gasteiger partial charge on any atom is -0.481 e. The van der Waals surface area contributed by atoms with Gasteiger partial charge in [-0.05, 0) is 7.05 Å². The van der Waals surface area contributed by atoms with E-state index in [1.54, 1.807) is 11.9 Å². The maximum absolute atomic E-state index is 11.2. The van der Waals surface area contributed by atoms with Gasteiger partial charge in [0, 0.05) is 26.1 Å². The van der Waals surface area contributed by atoms with E-state index in [0.29, 0.717) is 26.1 Å². The van der Waals surface area contributed by atoms with E-state index < -0.39 is 5.97 Å². The molecule has 0 unspecified atom stereocenters. The van der Waals surface area contributed by atoms with Gasteiger partial charge in [-0.15, -0.1) is 0 Å². The highest BCUT2D eigenvalue weighted by molar-refractivity contribution is 5.81. The van der Waals surface area contributed by atoms with Crippen molar-refractivity contribution in [3.8, 4) is 0 Å². The molecule has 1 aliphatic heterocycles. The van der Waals surface area contributed by atoms with Crippen LogP contribution in [-0.2, 0) is 9.59 Å². The molecule has 0 spiro atoms. The second-order valence-electron chi connectivity index (χ2n) is 3.19. The third kappa shape index (κ3) is 2.42. The number of nitrogens with zero attached hydrogens (tertiary/aromatic N) is 1. The van der Waals surface area contributed by atoms with Gasteiger partial charge in [0.2, 0.25) is 5.91 Å². The second-order valence-corrected chi connectivity index (χ2v) is 3.19. The van der Waals surface area contributed by atoms with Crippen LogP contribution in [0.5, 0.6) is 0 Å². The Hall–Kier alpha value is -1.10. The molecule has 0 aliphatic carbocycles. The Morgan fingerprint density at radius 1 is 1.54 bits per heavy atom. The fourth-order valence-electron chi connectivity index (χ4n) is 1.23. The molecule has 74 valence electrons. The standard InChI is InChI=1S/C8H14N2O3/c1-9-3-2-7(11)10-4-6(5-10)8(12)13/h6,9H,2-5H2,1H3,(H,12,13). The molecule has 5 nitrogen and oxygen atoms in total. The number of carbonyl (C=O) groups is 2. The predicted molar refractivity (Wildman–Crippen MR) is 46.2 cm³/mol. The topological polar surface area (TPSA) is 69.6 Å². The molecular formula is C8H14N2O3. The zero-order valence-corrected chi connectivity index (χ0v) is 7.62. The summed E-state index contributed by atoms with van der Waals surface area (Å²) in [6.45, 7) is 1.39. The third-order valence-electron chi connectivity index (χ3n) is 2.17. The lowest BCUT2D eigenvalue weighted by atomic mass is 10.0. The number of hydrogen-bond acceptors (Lipinski definition) is 3. The van der Waals surface area contributed by atoms with Crippen LogP contribution in [0.4, 0.5) is 0 Å². The molecule has 0 radical (unpaired) electrons. The van der Waals surface area contributed by atoms with Crippen molar-refractivity contribution < 1.29 is 14.7 Å². The SMILES string of the molecule is CNCCC(=O)N1CC(C(=O)O)C1. The molecule has 0 aromatic carbocycles. The van der Waals surface area contributed by atoms with Crippen LogP contribution in [0.1, 0.15) is 6.42 Å². The number of carbonyl (C=O) groups excluding carboxylic acids is 1. The number of amides is 1. The summed E-state index contributed by atoms with van der Waals surface area (Å²) in [5.74, 6) is -1.12. The number of nitrogens with one attached hydrogen (secondary N) is 1. The minimum atomic E-state index is -0.808. The Morgan fingerprint density at radius 2 is 2.15 bits per heavy atom.